The highest BCUT2D eigenvalue weighted by Crippen LogP contribution is 2.53. The van der Waals surface area contributed by atoms with Crippen LogP contribution in [-0.4, -0.2) is 5.78 Å². The van der Waals surface area contributed by atoms with Crippen LogP contribution in [0.1, 0.15) is 52.4 Å². The second kappa shape index (κ2) is 3.73. The van der Waals surface area contributed by atoms with Crippen molar-refractivity contribution in [2.24, 2.45) is 0 Å². The van der Waals surface area contributed by atoms with Gasteiger partial charge in [-0.05, 0) is 35.1 Å². The van der Waals surface area contributed by atoms with Gasteiger partial charge in [-0.3, -0.25) is 4.79 Å². The molecule has 0 atom stereocenters. The average molecular weight is 266 g/mol. The second-order valence-corrected chi connectivity index (χ2v) is 6.62. The second-order valence-electron chi connectivity index (χ2n) is 5.57. The predicted molar refractivity (Wildman–Crippen MR) is 77.3 cm³/mol. The van der Waals surface area contributed by atoms with E-state index in [1.807, 2.05) is 18.2 Å². The SMILES string of the molecule is CC(C)c1c2cc3c(c1S2)C(=O)c1ccccc1C3. The van der Waals surface area contributed by atoms with Crippen LogP contribution in [0.25, 0.3) is 0 Å². The van der Waals surface area contributed by atoms with Gasteiger partial charge in [0.25, 0.3) is 0 Å². The van der Waals surface area contributed by atoms with Crippen molar-refractivity contribution in [1.82, 2.24) is 0 Å². The third-order valence-corrected chi connectivity index (χ3v) is 5.21. The van der Waals surface area contributed by atoms with Gasteiger partial charge in [0.1, 0.15) is 0 Å². The van der Waals surface area contributed by atoms with Crippen molar-refractivity contribution in [1.29, 1.82) is 0 Å². The Morgan fingerprint density at radius 1 is 1.16 bits per heavy atom. The van der Waals surface area contributed by atoms with Crippen LogP contribution in [0.5, 0.6) is 0 Å². The zero-order valence-corrected chi connectivity index (χ0v) is 11.8. The summed E-state index contributed by atoms with van der Waals surface area (Å²) >= 11 is 1.78. The van der Waals surface area contributed by atoms with Crippen LogP contribution in [0.4, 0.5) is 0 Å². The molecular formula is C17H14OS. The van der Waals surface area contributed by atoms with Gasteiger partial charge in [-0.1, -0.05) is 49.9 Å². The molecule has 5 rings (SSSR count). The molecule has 2 aromatic carbocycles. The molecule has 0 fully saturated rings. The van der Waals surface area contributed by atoms with E-state index in [9.17, 15) is 4.79 Å². The van der Waals surface area contributed by atoms with Gasteiger partial charge in [0.15, 0.2) is 5.78 Å². The molecule has 2 aromatic rings. The van der Waals surface area contributed by atoms with Crippen LogP contribution in [0, 0.1) is 0 Å². The average Bonchev–Trinajstić information content (AvgIpc) is 2.37. The number of benzene rings is 2. The quantitative estimate of drug-likeness (QED) is 0.507. The molecule has 0 N–H and O–H groups in total. The Hall–Kier alpha value is -1.54. The molecule has 3 aliphatic rings. The number of hydrogen-bond donors (Lipinski definition) is 0. The topological polar surface area (TPSA) is 17.1 Å². The maximum absolute atomic E-state index is 12.7. The maximum atomic E-state index is 12.7. The molecule has 0 radical (unpaired) electrons. The lowest BCUT2D eigenvalue weighted by molar-refractivity contribution is 0.103. The summed E-state index contributed by atoms with van der Waals surface area (Å²) in [4.78, 5) is 15.3. The Morgan fingerprint density at radius 3 is 2.74 bits per heavy atom. The van der Waals surface area contributed by atoms with E-state index in [1.165, 1.54) is 26.5 Å². The van der Waals surface area contributed by atoms with Crippen molar-refractivity contribution in [2.75, 3.05) is 0 Å². The fraction of sp³-hybridized carbons (Fsp3) is 0.235. The van der Waals surface area contributed by atoms with Crippen molar-refractivity contribution < 1.29 is 4.79 Å². The molecule has 2 aliphatic heterocycles. The first-order valence-electron chi connectivity index (χ1n) is 6.67. The van der Waals surface area contributed by atoms with Gasteiger partial charge in [-0.15, -0.1) is 0 Å². The van der Waals surface area contributed by atoms with Gasteiger partial charge < -0.3 is 0 Å². The fourth-order valence-corrected chi connectivity index (χ4v) is 4.62. The Labute approximate surface area is 117 Å². The van der Waals surface area contributed by atoms with E-state index in [0.717, 1.165) is 17.5 Å². The van der Waals surface area contributed by atoms with Crippen LogP contribution >= 0.6 is 11.8 Å². The molecule has 2 heteroatoms. The maximum Gasteiger partial charge on any atom is 0.194 e. The lowest BCUT2D eigenvalue weighted by Crippen LogP contribution is -2.20. The highest BCUT2D eigenvalue weighted by molar-refractivity contribution is 8.00. The summed E-state index contributed by atoms with van der Waals surface area (Å²) in [6.45, 7) is 4.41. The molecule has 0 spiro atoms. The number of hydrogen-bond acceptors (Lipinski definition) is 2. The molecule has 0 saturated heterocycles. The number of fused-ring (bicyclic) bond motifs is 1. The van der Waals surface area contributed by atoms with E-state index in [0.29, 0.717) is 5.92 Å². The highest BCUT2D eigenvalue weighted by Gasteiger charge is 2.34. The molecular weight excluding hydrogens is 252 g/mol. The van der Waals surface area contributed by atoms with Gasteiger partial charge in [0.2, 0.25) is 0 Å². The van der Waals surface area contributed by atoms with Crippen LogP contribution in [0.3, 0.4) is 0 Å². The van der Waals surface area contributed by atoms with Gasteiger partial charge in [-0.25, -0.2) is 0 Å². The molecule has 0 unspecified atom stereocenters. The van der Waals surface area contributed by atoms with Crippen molar-refractivity contribution in [2.45, 2.75) is 36.0 Å². The van der Waals surface area contributed by atoms with Gasteiger partial charge in [0.05, 0.1) is 0 Å². The standard InChI is InChI=1S/C17H14OS/c1-9(2)14-13-8-11-7-10-5-3-4-6-12(10)16(18)15(11)17(14)19-13/h3-6,8-9H,7H2,1-2H3. The molecule has 2 bridgehead atoms. The van der Waals surface area contributed by atoms with E-state index >= 15 is 0 Å². The molecule has 19 heavy (non-hydrogen) atoms. The number of ketones is 1. The third-order valence-electron chi connectivity index (χ3n) is 4.02. The number of carbonyl (C=O) groups excluding carboxylic acids is 1. The summed E-state index contributed by atoms with van der Waals surface area (Å²) in [6, 6.07) is 10.2. The van der Waals surface area contributed by atoms with E-state index < -0.39 is 0 Å². The number of rotatable bonds is 1. The zero-order chi connectivity index (χ0) is 13.1. The van der Waals surface area contributed by atoms with Gasteiger partial charge in [0, 0.05) is 20.9 Å². The first-order chi connectivity index (χ1) is 9.16. The summed E-state index contributed by atoms with van der Waals surface area (Å²) in [7, 11) is 0. The van der Waals surface area contributed by atoms with Crippen LogP contribution in [0.15, 0.2) is 40.1 Å². The van der Waals surface area contributed by atoms with Crippen LogP contribution in [0.2, 0.25) is 0 Å². The van der Waals surface area contributed by atoms with Crippen molar-refractivity contribution in [3.63, 3.8) is 0 Å². The lowest BCUT2D eigenvalue weighted by Gasteiger charge is -2.32. The highest BCUT2D eigenvalue weighted by atomic mass is 32.2. The first-order valence-corrected chi connectivity index (χ1v) is 7.48. The minimum atomic E-state index is 0.215. The normalized spacial score (nSPS) is 15.0. The van der Waals surface area contributed by atoms with Crippen LogP contribution < -0.4 is 0 Å². The van der Waals surface area contributed by atoms with Crippen LogP contribution in [-0.2, 0) is 6.42 Å². The third kappa shape index (κ3) is 1.41. The molecule has 94 valence electrons. The summed E-state index contributed by atoms with van der Waals surface area (Å²) in [6.07, 6.45) is 0.899. The zero-order valence-electron chi connectivity index (χ0n) is 11.0. The molecule has 2 heterocycles. The Kier molecular flexibility index (Phi) is 2.22. The summed E-state index contributed by atoms with van der Waals surface area (Å²) in [5.74, 6) is 0.717. The predicted octanol–water partition coefficient (Wildman–Crippen LogP) is 4.41. The van der Waals surface area contributed by atoms with E-state index in [4.69, 9.17) is 0 Å². The van der Waals surface area contributed by atoms with Crippen molar-refractivity contribution in [3.8, 4) is 0 Å². The molecule has 0 saturated carbocycles. The van der Waals surface area contributed by atoms with Crippen molar-refractivity contribution >= 4 is 17.5 Å². The monoisotopic (exact) mass is 266 g/mol. The van der Waals surface area contributed by atoms with Crippen molar-refractivity contribution in [3.05, 3.63) is 58.1 Å². The summed E-state index contributed by atoms with van der Waals surface area (Å²) in [5.41, 5.74) is 5.64. The fourth-order valence-electron chi connectivity index (χ4n) is 3.13. The summed E-state index contributed by atoms with van der Waals surface area (Å²) < 4.78 is 0. The van der Waals surface area contributed by atoms with E-state index in [1.54, 1.807) is 11.8 Å². The Bertz CT molecular complexity index is 728. The molecule has 1 nitrogen and oxygen atoms in total. The largest absolute Gasteiger partial charge is 0.289 e. The molecule has 1 aliphatic carbocycles. The smallest absolute Gasteiger partial charge is 0.194 e. The van der Waals surface area contributed by atoms with E-state index in [-0.39, 0.29) is 5.78 Å². The van der Waals surface area contributed by atoms with E-state index in [2.05, 4.69) is 26.0 Å². The molecule has 0 amide bonds. The Balaban J connectivity index is 1.95. The first kappa shape index (κ1) is 11.3. The minimum Gasteiger partial charge on any atom is -0.289 e. The number of carbonyl (C=O) groups is 1. The van der Waals surface area contributed by atoms with Gasteiger partial charge in [-0.2, -0.15) is 0 Å². The molecule has 0 aromatic heterocycles. The minimum absolute atomic E-state index is 0.215. The Morgan fingerprint density at radius 2 is 1.95 bits per heavy atom. The summed E-state index contributed by atoms with van der Waals surface area (Å²) in [5, 5.41) is 0. The lowest BCUT2D eigenvalue weighted by atomic mass is 9.82. The van der Waals surface area contributed by atoms with Gasteiger partial charge >= 0.3 is 0 Å².